The first-order valence-electron chi connectivity index (χ1n) is 8.19. The summed E-state index contributed by atoms with van der Waals surface area (Å²) in [4.78, 5) is 27.8. The second-order valence-corrected chi connectivity index (χ2v) is 6.19. The highest BCUT2D eigenvalue weighted by Gasteiger charge is 2.26. The Balaban J connectivity index is 1.43. The topological polar surface area (TPSA) is 52.7 Å². The predicted molar refractivity (Wildman–Crippen MR) is 85.5 cm³/mol. The third-order valence-electron chi connectivity index (χ3n) is 4.71. The molecule has 0 spiro atoms. The molecular weight excluding hydrogens is 297 g/mol. The van der Waals surface area contributed by atoms with Gasteiger partial charge in [-0.1, -0.05) is 6.42 Å². The highest BCUT2D eigenvalue weighted by Crippen LogP contribution is 2.26. The lowest BCUT2D eigenvalue weighted by atomic mass is 9.85. The Labute approximate surface area is 135 Å². The van der Waals surface area contributed by atoms with Crippen LogP contribution in [-0.4, -0.2) is 49.4 Å². The summed E-state index contributed by atoms with van der Waals surface area (Å²) in [7, 11) is 0. The van der Waals surface area contributed by atoms with Crippen LogP contribution >= 0.6 is 0 Å². The molecule has 0 atom stereocenters. The van der Waals surface area contributed by atoms with Crippen molar-refractivity contribution < 1.29 is 14.0 Å². The fourth-order valence-corrected chi connectivity index (χ4v) is 2.96. The van der Waals surface area contributed by atoms with Crippen molar-refractivity contribution >= 4 is 17.5 Å². The second-order valence-electron chi connectivity index (χ2n) is 6.19. The smallest absolute Gasteiger partial charge is 0.242 e. The zero-order chi connectivity index (χ0) is 16.2. The molecule has 1 heterocycles. The number of nitrogens with zero attached hydrogens (tertiary/aromatic N) is 2. The minimum Gasteiger partial charge on any atom is -0.368 e. The molecule has 1 saturated heterocycles. The van der Waals surface area contributed by atoms with E-state index in [1.807, 2.05) is 0 Å². The van der Waals surface area contributed by atoms with E-state index in [-0.39, 0.29) is 30.1 Å². The van der Waals surface area contributed by atoms with E-state index in [2.05, 4.69) is 10.2 Å². The quantitative estimate of drug-likeness (QED) is 0.912. The largest absolute Gasteiger partial charge is 0.368 e. The molecule has 1 N–H and O–H groups in total. The van der Waals surface area contributed by atoms with Gasteiger partial charge in [0.25, 0.3) is 0 Å². The Morgan fingerprint density at radius 1 is 1.09 bits per heavy atom. The second kappa shape index (κ2) is 6.98. The minimum atomic E-state index is -0.246. The van der Waals surface area contributed by atoms with Crippen molar-refractivity contribution in [3.05, 3.63) is 30.1 Å². The summed E-state index contributed by atoms with van der Waals surface area (Å²) < 4.78 is 13.0. The Bertz CT molecular complexity index is 564. The molecule has 0 unspecified atom stereocenters. The van der Waals surface area contributed by atoms with Gasteiger partial charge in [-0.05, 0) is 37.1 Å². The molecule has 1 aromatic rings. The van der Waals surface area contributed by atoms with Crippen LogP contribution in [0.5, 0.6) is 0 Å². The van der Waals surface area contributed by atoms with Crippen LogP contribution in [0.2, 0.25) is 0 Å². The Morgan fingerprint density at radius 2 is 1.74 bits per heavy atom. The molecule has 0 radical (unpaired) electrons. The molecule has 124 valence electrons. The summed E-state index contributed by atoms with van der Waals surface area (Å²) in [5.41, 5.74) is 0.969. The van der Waals surface area contributed by atoms with Gasteiger partial charge in [0.2, 0.25) is 11.8 Å². The first-order valence-corrected chi connectivity index (χ1v) is 8.19. The van der Waals surface area contributed by atoms with Gasteiger partial charge >= 0.3 is 0 Å². The summed E-state index contributed by atoms with van der Waals surface area (Å²) in [6.07, 6.45) is 2.99. The number of halogens is 1. The number of rotatable bonds is 4. The van der Waals surface area contributed by atoms with Gasteiger partial charge in [0.15, 0.2) is 0 Å². The number of piperazine rings is 1. The van der Waals surface area contributed by atoms with E-state index in [1.165, 1.54) is 12.1 Å². The van der Waals surface area contributed by atoms with E-state index in [0.29, 0.717) is 26.2 Å². The number of hydrogen-bond donors (Lipinski definition) is 1. The van der Waals surface area contributed by atoms with Crippen molar-refractivity contribution in [2.45, 2.75) is 19.3 Å². The zero-order valence-electron chi connectivity index (χ0n) is 13.1. The maximum Gasteiger partial charge on any atom is 0.242 e. The average Bonchev–Trinajstić information content (AvgIpc) is 2.52. The van der Waals surface area contributed by atoms with Crippen LogP contribution in [0.4, 0.5) is 10.1 Å². The van der Waals surface area contributed by atoms with Gasteiger partial charge in [-0.15, -0.1) is 0 Å². The highest BCUT2D eigenvalue weighted by atomic mass is 19.1. The van der Waals surface area contributed by atoms with E-state index < -0.39 is 0 Å². The van der Waals surface area contributed by atoms with Gasteiger partial charge in [-0.3, -0.25) is 9.59 Å². The SMILES string of the molecule is O=C(NCC(=O)N1CCN(c2ccc(F)cc2)CC1)C1CCC1. The fourth-order valence-electron chi connectivity index (χ4n) is 2.96. The molecule has 0 bridgehead atoms. The highest BCUT2D eigenvalue weighted by molar-refractivity contribution is 5.86. The van der Waals surface area contributed by atoms with E-state index >= 15 is 0 Å². The van der Waals surface area contributed by atoms with Crippen molar-refractivity contribution in [2.24, 2.45) is 5.92 Å². The van der Waals surface area contributed by atoms with E-state index in [0.717, 1.165) is 24.9 Å². The van der Waals surface area contributed by atoms with Gasteiger partial charge in [0.05, 0.1) is 6.54 Å². The van der Waals surface area contributed by atoms with Gasteiger partial charge < -0.3 is 15.1 Å². The van der Waals surface area contributed by atoms with E-state index in [1.54, 1.807) is 17.0 Å². The molecule has 1 aliphatic heterocycles. The van der Waals surface area contributed by atoms with Crippen LogP contribution in [0.25, 0.3) is 0 Å². The van der Waals surface area contributed by atoms with Crippen LogP contribution in [0.15, 0.2) is 24.3 Å². The van der Waals surface area contributed by atoms with E-state index in [9.17, 15) is 14.0 Å². The molecule has 2 amide bonds. The monoisotopic (exact) mass is 319 g/mol. The zero-order valence-corrected chi connectivity index (χ0v) is 13.1. The standard InChI is InChI=1S/C17H22FN3O2/c18-14-4-6-15(7-5-14)20-8-10-21(11-9-20)16(22)12-19-17(23)13-2-1-3-13/h4-7,13H,1-3,8-12H2,(H,19,23). The van der Waals surface area contributed by atoms with Crippen LogP contribution in [-0.2, 0) is 9.59 Å². The molecular formula is C17H22FN3O2. The van der Waals surface area contributed by atoms with Crippen LogP contribution in [0, 0.1) is 11.7 Å². The molecule has 6 heteroatoms. The molecule has 0 aromatic heterocycles. The normalized spacial score (nSPS) is 18.5. The number of nitrogens with one attached hydrogen (secondary N) is 1. The summed E-state index contributed by atoms with van der Waals surface area (Å²) in [6.45, 7) is 2.76. The lowest BCUT2D eigenvalue weighted by molar-refractivity contribution is -0.135. The number of anilines is 1. The van der Waals surface area contributed by atoms with Gasteiger partial charge in [-0.25, -0.2) is 4.39 Å². The van der Waals surface area contributed by atoms with Crippen molar-refractivity contribution in [3.8, 4) is 0 Å². The average molecular weight is 319 g/mol. The molecule has 1 aliphatic carbocycles. The molecule has 2 aliphatic rings. The van der Waals surface area contributed by atoms with Crippen molar-refractivity contribution in [1.82, 2.24) is 10.2 Å². The third kappa shape index (κ3) is 3.81. The number of benzene rings is 1. The van der Waals surface area contributed by atoms with Crippen molar-refractivity contribution in [2.75, 3.05) is 37.6 Å². The Kier molecular flexibility index (Phi) is 4.79. The molecule has 5 nitrogen and oxygen atoms in total. The maximum absolute atomic E-state index is 13.0. The molecule has 23 heavy (non-hydrogen) atoms. The van der Waals surface area contributed by atoms with Crippen LogP contribution < -0.4 is 10.2 Å². The number of amides is 2. The summed E-state index contributed by atoms with van der Waals surface area (Å²) in [6, 6.07) is 6.41. The lowest BCUT2D eigenvalue weighted by Crippen LogP contribution is -2.51. The van der Waals surface area contributed by atoms with Gasteiger partial charge in [-0.2, -0.15) is 0 Å². The number of hydrogen-bond acceptors (Lipinski definition) is 3. The summed E-state index contributed by atoms with van der Waals surface area (Å²) >= 11 is 0. The van der Waals surface area contributed by atoms with Gasteiger partial charge in [0, 0.05) is 37.8 Å². The first kappa shape index (κ1) is 15.8. The maximum atomic E-state index is 13.0. The van der Waals surface area contributed by atoms with Crippen molar-refractivity contribution in [3.63, 3.8) is 0 Å². The Morgan fingerprint density at radius 3 is 2.30 bits per heavy atom. The molecule has 2 fully saturated rings. The van der Waals surface area contributed by atoms with Crippen molar-refractivity contribution in [1.29, 1.82) is 0 Å². The first-order chi connectivity index (χ1) is 11.1. The van der Waals surface area contributed by atoms with Crippen LogP contribution in [0.1, 0.15) is 19.3 Å². The summed E-state index contributed by atoms with van der Waals surface area (Å²) in [5.74, 6) is -0.158. The fraction of sp³-hybridized carbons (Fsp3) is 0.529. The molecule has 3 rings (SSSR count). The van der Waals surface area contributed by atoms with E-state index in [4.69, 9.17) is 0 Å². The Hall–Kier alpha value is -2.11. The molecule has 1 aromatic carbocycles. The van der Waals surface area contributed by atoms with Crippen LogP contribution in [0.3, 0.4) is 0 Å². The van der Waals surface area contributed by atoms with Gasteiger partial charge in [0.1, 0.15) is 5.82 Å². The molecule has 1 saturated carbocycles. The summed E-state index contributed by atoms with van der Waals surface area (Å²) in [5, 5.41) is 2.75. The predicted octanol–water partition coefficient (Wildman–Crippen LogP) is 1.39. The number of carbonyl (C=O) groups is 2. The third-order valence-corrected chi connectivity index (χ3v) is 4.71. The lowest BCUT2D eigenvalue weighted by Gasteiger charge is -2.36. The number of carbonyl (C=O) groups excluding carboxylic acids is 2. The minimum absolute atomic E-state index is 0.00884.